The fourth-order valence-electron chi connectivity index (χ4n) is 3.66. The van der Waals surface area contributed by atoms with Crippen LogP contribution in [-0.2, 0) is 6.42 Å². The van der Waals surface area contributed by atoms with E-state index < -0.39 is 0 Å². The van der Waals surface area contributed by atoms with Crippen LogP contribution in [0.3, 0.4) is 0 Å². The normalized spacial score (nSPS) is 15.3. The summed E-state index contributed by atoms with van der Waals surface area (Å²) in [4.78, 5) is 12.5. The summed E-state index contributed by atoms with van der Waals surface area (Å²) >= 11 is 0. The lowest BCUT2D eigenvalue weighted by atomic mass is 9.94. The Kier molecular flexibility index (Phi) is 5.07. The zero-order chi connectivity index (χ0) is 18.8. The average molecular weight is 356 g/mol. The van der Waals surface area contributed by atoms with Crippen molar-refractivity contribution in [3.8, 4) is 34.1 Å². The highest BCUT2D eigenvalue weighted by Gasteiger charge is 2.27. The Labute approximate surface area is 153 Å². The lowest BCUT2D eigenvalue weighted by molar-refractivity contribution is 0.324. The Hall–Kier alpha value is -2.69. The molecule has 1 atom stereocenters. The van der Waals surface area contributed by atoms with E-state index in [9.17, 15) is 4.79 Å². The molecule has 0 bridgehead atoms. The highest BCUT2D eigenvalue weighted by Crippen LogP contribution is 2.50. The van der Waals surface area contributed by atoms with Crippen molar-refractivity contribution in [3.63, 3.8) is 0 Å². The third-order valence-electron chi connectivity index (χ3n) is 5.02. The summed E-state index contributed by atoms with van der Waals surface area (Å²) in [6.07, 6.45) is 1.78. The van der Waals surface area contributed by atoms with Gasteiger partial charge in [0.25, 0.3) is 0 Å². The molecule has 1 aliphatic carbocycles. The monoisotopic (exact) mass is 356 g/mol. The molecule has 0 N–H and O–H groups in total. The molecule has 0 unspecified atom stereocenters. The number of ether oxygens (including phenoxy) is 4. The third kappa shape index (κ3) is 2.87. The van der Waals surface area contributed by atoms with Crippen LogP contribution in [0.5, 0.6) is 23.0 Å². The number of methoxy groups -OCH3 is 4. The fraction of sp³-hybridized carbons (Fsp3) is 0.381. The van der Waals surface area contributed by atoms with E-state index in [4.69, 9.17) is 18.9 Å². The summed E-state index contributed by atoms with van der Waals surface area (Å²) in [5.41, 5.74) is 3.89. The molecule has 1 aliphatic rings. The van der Waals surface area contributed by atoms with E-state index in [2.05, 4.69) is 6.92 Å². The van der Waals surface area contributed by atoms with Gasteiger partial charge >= 0.3 is 0 Å². The molecule has 0 amide bonds. The van der Waals surface area contributed by atoms with Gasteiger partial charge in [0.05, 0.1) is 28.4 Å². The SMILES string of the molecule is COc1cc2c(c(OC)c1OC)-c1ccc(OC)c(=O)cc1[C@@H](C)CC2. The molecule has 26 heavy (non-hydrogen) atoms. The van der Waals surface area contributed by atoms with Crippen LogP contribution in [0.2, 0.25) is 0 Å². The van der Waals surface area contributed by atoms with Crippen molar-refractivity contribution < 1.29 is 18.9 Å². The van der Waals surface area contributed by atoms with Gasteiger partial charge in [-0.3, -0.25) is 4.79 Å². The van der Waals surface area contributed by atoms with Crippen molar-refractivity contribution >= 4 is 0 Å². The van der Waals surface area contributed by atoms with E-state index in [1.54, 1.807) is 33.5 Å². The molecule has 2 aromatic rings. The minimum absolute atomic E-state index is 0.122. The molecule has 0 radical (unpaired) electrons. The maximum Gasteiger partial charge on any atom is 0.220 e. The molecule has 0 fully saturated rings. The van der Waals surface area contributed by atoms with Gasteiger partial charge in [-0.25, -0.2) is 0 Å². The number of benzene rings is 1. The highest BCUT2D eigenvalue weighted by molar-refractivity contribution is 5.82. The first-order valence-electron chi connectivity index (χ1n) is 8.60. The number of rotatable bonds is 4. The summed E-state index contributed by atoms with van der Waals surface area (Å²) in [7, 11) is 6.34. The van der Waals surface area contributed by atoms with Crippen molar-refractivity contribution in [3.05, 3.63) is 45.6 Å². The second-order valence-corrected chi connectivity index (χ2v) is 6.40. The zero-order valence-electron chi connectivity index (χ0n) is 15.8. The van der Waals surface area contributed by atoms with Crippen LogP contribution in [0.25, 0.3) is 11.1 Å². The van der Waals surface area contributed by atoms with E-state index >= 15 is 0 Å². The van der Waals surface area contributed by atoms with Crippen LogP contribution in [0.1, 0.15) is 30.4 Å². The first-order valence-corrected chi connectivity index (χ1v) is 8.60. The summed E-state index contributed by atoms with van der Waals surface area (Å²) in [6, 6.07) is 7.34. The van der Waals surface area contributed by atoms with Crippen molar-refractivity contribution in [1.29, 1.82) is 0 Å². The number of aryl methyl sites for hydroxylation is 1. The maximum absolute atomic E-state index is 12.5. The second-order valence-electron chi connectivity index (χ2n) is 6.40. The molecule has 2 aromatic carbocycles. The Morgan fingerprint density at radius 2 is 1.58 bits per heavy atom. The van der Waals surface area contributed by atoms with E-state index in [1.807, 2.05) is 12.1 Å². The van der Waals surface area contributed by atoms with Crippen LogP contribution in [-0.4, -0.2) is 28.4 Å². The number of fused-ring (bicyclic) bond motifs is 3. The predicted molar refractivity (Wildman–Crippen MR) is 101 cm³/mol. The Balaban J connectivity index is 2.43. The van der Waals surface area contributed by atoms with Crippen molar-refractivity contribution in [2.24, 2.45) is 0 Å². The first kappa shape index (κ1) is 18.1. The molecular formula is C21H24O5. The van der Waals surface area contributed by atoms with Crippen molar-refractivity contribution in [1.82, 2.24) is 0 Å². The average Bonchev–Trinajstić information content (AvgIpc) is 2.89. The van der Waals surface area contributed by atoms with E-state index in [0.717, 1.165) is 35.1 Å². The first-order chi connectivity index (χ1) is 12.5. The van der Waals surface area contributed by atoms with Crippen molar-refractivity contribution in [2.75, 3.05) is 28.4 Å². The molecular weight excluding hydrogens is 332 g/mol. The van der Waals surface area contributed by atoms with Crippen LogP contribution < -0.4 is 24.4 Å². The predicted octanol–water partition coefficient (Wildman–Crippen LogP) is 3.80. The van der Waals surface area contributed by atoms with Gasteiger partial charge in [-0.1, -0.05) is 13.0 Å². The van der Waals surface area contributed by atoms with Gasteiger partial charge in [0, 0.05) is 5.56 Å². The molecule has 0 aliphatic heterocycles. The maximum atomic E-state index is 12.5. The number of hydrogen-bond acceptors (Lipinski definition) is 5. The summed E-state index contributed by atoms with van der Waals surface area (Å²) in [5, 5.41) is 0. The van der Waals surface area contributed by atoms with E-state index in [1.165, 1.54) is 7.11 Å². The summed E-state index contributed by atoms with van der Waals surface area (Å²) in [6.45, 7) is 2.14. The molecule has 0 spiro atoms. The van der Waals surface area contributed by atoms with E-state index in [0.29, 0.717) is 23.0 Å². The van der Waals surface area contributed by atoms with Crippen LogP contribution in [0.4, 0.5) is 0 Å². The Morgan fingerprint density at radius 1 is 0.885 bits per heavy atom. The smallest absolute Gasteiger partial charge is 0.220 e. The largest absolute Gasteiger partial charge is 0.493 e. The summed E-state index contributed by atoms with van der Waals surface area (Å²) < 4.78 is 22.0. The van der Waals surface area contributed by atoms with Gasteiger partial charge in [0.15, 0.2) is 17.2 Å². The van der Waals surface area contributed by atoms with Crippen LogP contribution in [0.15, 0.2) is 29.1 Å². The molecule has 138 valence electrons. The van der Waals surface area contributed by atoms with Crippen molar-refractivity contribution in [2.45, 2.75) is 25.7 Å². The fourth-order valence-corrected chi connectivity index (χ4v) is 3.66. The quantitative estimate of drug-likeness (QED) is 0.834. The molecule has 0 aromatic heterocycles. The second kappa shape index (κ2) is 7.28. The molecule has 0 saturated heterocycles. The van der Waals surface area contributed by atoms with Gasteiger partial charge in [0.2, 0.25) is 11.2 Å². The molecule has 0 heterocycles. The molecule has 3 rings (SSSR count). The topological polar surface area (TPSA) is 54.0 Å². The minimum Gasteiger partial charge on any atom is -0.493 e. The zero-order valence-corrected chi connectivity index (χ0v) is 15.8. The van der Waals surface area contributed by atoms with Gasteiger partial charge in [0.1, 0.15) is 0 Å². The van der Waals surface area contributed by atoms with Gasteiger partial charge < -0.3 is 18.9 Å². The molecule has 5 nitrogen and oxygen atoms in total. The third-order valence-corrected chi connectivity index (χ3v) is 5.02. The van der Waals surface area contributed by atoms with Gasteiger partial charge in [-0.15, -0.1) is 0 Å². The molecule has 0 saturated carbocycles. The Bertz CT molecular complexity index is 888. The van der Waals surface area contributed by atoms with Gasteiger partial charge in [-0.05, 0) is 53.6 Å². The Morgan fingerprint density at radius 3 is 2.19 bits per heavy atom. The minimum atomic E-state index is -0.122. The highest BCUT2D eigenvalue weighted by atomic mass is 16.5. The lowest BCUT2D eigenvalue weighted by Gasteiger charge is -2.19. The van der Waals surface area contributed by atoms with Crippen LogP contribution >= 0.6 is 0 Å². The van der Waals surface area contributed by atoms with Gasteiger partial charge in [-0.2, -0.15) is 0 Å². The number of hydrogen-bond donors (Lipinski definition) is 0. The molecule has 5 heteroatoms. The van der Waals surface area contributed by atoms with E-state index in [-0.39, 0.29) is 11.3 Å². The standard InChI is InChI=1S/C21H24O5/c1-12-6-7-13-10-18(24-3)20(25-4)21(26-5)19(13)14-8-9-17(23-2)16(22)11-15(12)14/h8-12H,6-7H2,1-5H3/t12-/m0/s1. The summed E-state index contributed by atoms with van der Waals surface area (Å²) in [5.74, 6) is 2.36. The lowest BCUT2D eigenvalue weighted by Crippen LogP contribution is -2.03. The van der Waals surface area contributed by atoms with Crippen LogP contribution in [0, 0.1) is 0 Å².